The number of rotatable bonds is 8. The van der Waals surface area contributed by atoms with E-state index in [1.165, 1.54) is 48.0 Å². The maximum absolute atomic E-state index is 12.9. The smallest absolute Gasteiger partial charge is 0.267 e. The van der Waals surface area contributed by atoms with Crippen LogP contribution in [0.1, 0.15) is 21.6 Å². The first-order valence-corrected chi connectivity index (χ1v) is 13.3. The predicted molar refractivity (Wildman–Crippen MR) is 148 cm³/mol. The average Bonchev–Trinajstić information content (AvgIpc) is 2.93. The molecule has 2 aromatic heterocycles. The highest BCUT2D eigenvalue weighted by Gasteiger charge is 2.17. The van der Waals surface area contributed by atoms with Crippen LogP contribution in [0.3, 0.4) is 0 Å². The Morgan fingerprint density at radius 1 is 1.00 bits per heavy atom. The zero-order chi connectivity index (χ0) is 28.0. The van der Waals surface area contributed by atoms with Gasteiger partial charge in [0.15, 0.2) is 0 Å². The van der Waals surface area contributed by atoms with Crippen LogP contribution < -0.4 is 15.5 Å². The lowest BCUT2D eigenvalue weighted by Gasteiger charge is -2.12. The van der Waals surface area contributed by atoms with E-state index in [-0.39, 0.29) is 16.3 Å². The van der Waals surface area contributed by atoms with Gasteiger partial charge in [-0.05, 0) is 73.2 Å². The van der Waals surface area contributed by atoms with Gasteiger partial charge in [0.25, 0.3) is 21.8 Å². The van der Waals surface area contributed by atoms with Gasteiger partial charge in [-0.15, -0.1) is 0 Å². The second-order valence-corrected chi connectivity index (χ2v) is 10.3. The Balaban J connectivity index is 1.47. The fourth-order valence-electron chi connectivity index (χ4n) is 3.54. The van der Waals surface area contributed by atoms with Crippen molar-refractivity contribution in [3.63, 3.8) is 0 Å². The maximum Gasteiger partial charge on any atom is 0.267 e. The number of hydrogen-bond donors (Lipinski definition) is 4. The second kappa shape index (κ2) is 11.9. The van der Waals surface area contributed by atoms with Crippen LogP contribution in [-0.2, 0) is 14.8 Å². The summed E-state index contributed by atoms with van der Waals surface area (Å²) in [7, 11) is -3.97. The lowest BCUT2D eigenvalue weighted by Crippen LogP contribution is -2.17. The molecular formula is C27H22ClN5O5S. The highest BCUT2D eigenvalue weighted by Crippen LogP contribution is 2.29. The molecule has 0 saturated heterocycles. The van der Waals surface area contributed by atoms with E-state index in [1.807, 2.05) is 12.1 Å². The second-order valence-electron chi connectivity index (χ2n) is 8.18. The molecule has 39 heavy (non-hydrogen) atoms. The summed E-state index contributed by atoms with van der Waals surface area (Å²) in [4.78, 5) is 32.5. The molecule has 198 valence electrons. The summed E-state index contributed by atoms with van der Waals surface area (Å²) in [6.07, 6.45) is 4.15. The Morgan fingerprint density at radius 3 is 2.44 bits per heavy atom. The zero-order valence-electron chi connectivity index (χ0n) is 20.4. The predicted octanol–water partition coefficient (Wildman–Crippen LogP) is 4.68. The van der Waals surface area contributed by atoms with E-state index >= 15 is 0 Å². The van der Waals surface area contributed by atoms with Gasteiger partial charge in [0, 0.05) is 23.5 Å². The number of halogens is 1. The molecule has 0 aliphatic rings. The van der Waals surface area contributed by atoms with Crippen LogP contribution in [0.5, 0.6) is 0 Å². The number of amides is 2. The van der Waals surface area contributed by atoms with Gasteiger partial charge in [0.2, 0.25) is 0 Å². The van der Waals surface area contributed by atoms with Crippen LogP contribution in [0, 0.1) is 6.92 Å². The summed E-state index contributed by atoms with van der Waals surface area (Å²) in [5, 5.41) is 11.8. The maximum atomic E-state index is 12.9. The molecule has 4 N–H and O–H groups in total. The molecule has 4 rings (SSSR count). The third-order valence-electron chi connectivity index (χ3n) is 5.46. The van der Waals surface area contributed by atoms with E-state index in [2.05, 4.69) is 20.0 Å². The van der Waals surface area contributed by atoms with Crippen LogP contribution in [0.2, 0.25) is 5.02 Å². The van der Waals surface area contributed by atoms with Crippen molar-refractivity contribution in [2.45, 2.75) is 11.8 Å². The number of aryl methyl sites for hydroxylation is 1. The van der Waals surface area contributed by atoms with Gasteiger partial charge in [0.1, 0.15) is 5.82 Å². The van der Waals surface area contributed by atoms with Gasteiger partial charge in [0.05, 0.1) is 26.9 Å². The molecule has 0 atom stereocenters. The number of hydroxylamine groups is 1. The Kier molecular flexibility index (Phi) is 8.35. The van der Waals surface area contributed by atoms with Gasteiger partial charge in [-0.2, -0.15) is 0 Å². The minimum absolute atomic E-state index is 0.0287. The molecule has 2 aromatic carbocycles. The molecule has 10 nitrogen and oxygen atoms in total. The van der Waals surface area contributed by atoms with Crippen molar-refractivity contribution in [2.75, 3.05) is 10.0 Å². The van der Waals surface area contributed by atoms with Crippen LogP contribution >= 0.6 is 11.6 Å². The Morgan fingerprint density at radius 2 is 1.77 bits per heavy atom. The largest absolute Gasteiger partial charge is 0.322 e. The molecular weight excluding hydrogens is 542 g/mol. The van der Waals surface area contributed by atoms with Crippen molar-refractivity contribution in [2.24, 2.45) is 0 Å². The summed E-state index contributed by atoms with van der Waals surface area (Å²) in [6.45, 7) is 1.59. The highest BCUT2D eigenvalue weighted by molar-refractivity contribution is 7.92. The molecule has 0 bridgehead atoms. The third-order valence-corrected chi connectivity index (χ3v) is 7.16. The van der Waals surface area contributed by atoms with Gasteiger partial charge in [-0.3, -0.25) is 24.5 Å². The molecule has 12 heteroatoms. The summed E-state index contributed by atoms with van der Waals surface area (Å²) >= 11 is 6.32. The van der Waals surface area contributed by atoms with Gasteiger partial charge in [-0.1, -0.05) is 29.8 Å². The minimum atomic E-state index is -3.97. The molecule has 0 fully saturated rings. The van der Waals surface area contributed by atoms with Crippen LogP contribution in [0.15, 0.2) is 90.0 Å². The third kappa shape index (κ3) is 6.85. The molecule has 0 spiro atoms. The topological polar surface area (TPSA) is 150 Å². The van der Waals surface area contributed by atoms with Crippen molar-refractivity contribution < 1.29 is 23.2 Å². The van der Waals surface area contributed by atoms with Crippen molar-refractivity contribution in [3.8, 4) is 11.3 Å². The van der Waals surface area contributed by atoms with Crippen LogP contribution in [0.4, 0.5) is 11.5 Å². The van der Waals surface area contributed by atoms with E-state index in [4.69, 9.17) is 16.8 Å². The Hall–Kier alpha value is -4.58. The molecule has 2 heterocycles. The normalized spacial score (nSPS) is 11.3. The number of aromatic nitrogens is 2. The summed E-state index contributed by atoms with van der Waals surface area (Å²) in [5.41, 5.74) is 4.42. The Labute approximate surface area is 229 Å². The number of anilines is 2. The van der Waals surface area contributed by atoms with E-state index in [9.17, 15) is 18.0 Å². The van der Waals surface area contributed by atoms with E-state index in [1.54, 1.807) is 37.4 Å². The number of sulfonamides is 1. The van der Waals surface area contributed by atoms with Crippen molar-refractivity contribution >= 4 is 51.0 Å². The van der Waals surface area contributed by atoms with Crippen molar-refractivity contribution in [1.29, 1.82) is 0 Å². The fraction of sp³-hybridized carbons (Fsp3) is 0.0370. The Bertz CT molecular complexity index is 1660. The van der Waals surface area contributed by atoms with Crippen molar-refractivity contribution in [1.82, 2.24) is 15.4 Å². The SMILES string of the molecule is Cc1nc(NS(=O)(=O)c2ccc(/C=C/C(=O)NO)cc2)ccc1C(=O)Nc1ccc(Cl)c(-c2ccccn2)c1. The molecule has 0 saturated carbocycles. The summed E-state index contributed by atoms with van der Waals surface area (Å²) < 4.78 is 28.0. The van der Waals surface area contributed by atoms with Gasteiger partial charge < -0.3 is 5.32 Å². The number of carbonyl (C=O) groups excluding carboxylic acids is 2. The lowest BCUT2D eigenvalue weighted by molar-refractivity contribution is -0.124. The van der Waals surface area contributed by atoms with E-state index in [0.29, 0.717) is 33.2 Å². The number of hydrogen-bond acceptors (Lipinski definition) is 7. The van der Waals surface area contributed by atoms with E-state index < -0.39 is 21.8 Å². The van der Waals surface area contributed by atoms with Crippen LogP contribution in [-0.4, -0.2) is 35.4 Å². The molecule has 2 amide bonds. The molecule has 0 aliphatic carbocycles. The first-order valence-electron chi connectivity index (χ1n) is 11.4. The minimum Gasteiger partial charge on any atom is -0.322 e. The number of benzene rings is 2. The monoisotopic (exact) mass is 563 g/mol. The van der Waals surface area contributed by atoms with Crippen LogP contribution in [0.25, 0.3) is 17.3 Å². The average molecular weight is 564 g/mol. The van der Waals surface area contributed by atoms with E-state index in [0.717, 1.165) is 6.08 Å². The molecule has 0 aliphatic heterocycles. The number of carbonyl (C=O) groups is 2. The summed E-state index contributed by atoms with van der Waals surface area (Å²) in [5.74, 6) is -1.10. The fourth-order valence-corrected chi connectivity index (χ4v) is 4.76. The number of nitrogens with zero attached hydrogens (tertiary/aromatic N) is 2. The zero-order valence-corrected chi connectivity index (χ0v) is 22.0. The highest BCUT2D eigenvalue weighted by atomic mass is 35.5. The lowest BCUT2D eigenvalue weighted by atomic mass is 10.1. The molecule has 4 aromatic rings. The van der Waals surface area contributed by atoms with Gasteiger partial charge in [-0.25, -0.2) is 18.9 Å². The standard InChI is InChI=1S/C27H22ClN5O5S/c1-17-21(27(35)31-19-8-12-23(28)22(16-19)24-4-2-3-15-29-24)11-13-25(30-17)33-39(37,38)20-9-5-18(6-10-20)7-14-26(34)32-36/h2-16,36H,1H3,(H,30,33)(H,31,35)(H,32,34)/b14-7+. The number of nitrogens with one attached hydrogen (secondary N) is 3. The first-order chi connectivity index (χ1) is 18.7. The van der Waals surface area contributed by atoms with Crippen molar-refractivity contribution in [3.05, 3.63) is 107 Å². The number of pyridine rings is 2. The first kappa shape index (κ1) is 27.5. The molecule has 0 unspecified atom stereocenters. The quantitative estimate of drug-likeness (QED) is 0.138. The summed E-state index contributed by atoms with van der Waals surface area (Å²) in [6, 6.07) is 19.1. The molecule has 0 radical (unpaired) electrons. The van der Waals surface area contributed by atoms with Gasteiger partial charge >= 0.3 is 0 Å².